The normalized spacial score (nSPS) is 13.7. The van der Waals surface area contributed by atoms with E-state index in [1.807, 2.05) is 83.1 Å². The van der Waals surface area contributed by atoms with Crippen molar-refractivity contribution in [2.45, 2.75) is 125 Å². The van der Waals surface area contributed by atoms with Gasteiger partial charge in [0.2, 0.25) is 11.8 Å². The van der Waals surface area contributed by atoms with E-state index in [1.54, 1.807) is 41.5 Å². The maximum Gasteiger partial charge on any atom is 0.408 e. The standard InChI is InChI=1S/C37H55N3O6/c1-12-20-40(33(42)29(21-24(2)3)39-35(44)46-37(9,10)11)31(28-22-25(4)18-19-26(28)5)32(41)38-30(34(43)45-36(6,7)8)23-27-16-14-13-15-17-27/h13-19,22,24,29-31H,12,20-21,23H2,1-11H3,(H,38,41)(H,39,44). The molecule has 0 fully saturated rings. The van der Waals surface area contributed by atoms with Gasteiger partial charge >= 0.3 is 12.1 Å². The minimum Gasteiger partial charge on any atom is -0.458 e. The quantitative estimate of drug-likeness (QED) is 0.240. The third kappa shape index (κ3) is 12.5. The van der Waals surface area contributed by atoms with Crippen molar-refractivity contribution in [3.8, 4) is 0 Å². The Kier molecular flexibility index (Phi) is 13.8. The first-order valence-corrected chi connectivity index (χ1v) is 16.3. The smallest absolute Gasteiger partial charge is 0.408 e. The van der Waals surface area contributed by atoms with Gasteiger partial charge in [-0.1, -0.05) is 74.9 Å². The molecule has 0 heterocycles. The number of carbonyl (C=O) groups excluding carboxylic acids is 4. The van der Waals surface area contributed by atoms with Crippen LogP contribution in [0.15, 0.2) is 48.5 Å². The summed E-state index contributed by atoms with van der Waals surface area (Å²) in [6, 6.07) is 12.1. The molecule has 2 rings (SSSR count). The molecule has 0 radical (unpaired) electrons. The van der Waals surface area contributed by atoms with Crippen LogP contribution >= 0.6 is 0 Å². The van der Waals surface area contributed by atoms with E-state index in [2.05, 4.69) is 10.6 Å². The lowest BCUT2D eigenvalue weighted by molar-refractivity contribution is -0.159. The Bertz CT molecular complexity index is 1330. The van der Waals surface area contributed by atoms with Gasteiger partial charge in [-0.25, -0.2) is 9.59 Å². The monoisotopic (exact) mass is 637 g/mol. The first kappa shape index (κ1) is 38.3. The Balaban J connectivity index is 2.63. The molecule has 2 aromatic rings. The average molecular weight is 638 g/mol. The number of ether oxygens (including phenoxy) is 2. The molecule has 2 aromatic carbocycles. The summed E-state index contributed by atoms with van der Waals surface area (Å²) in [5.41, 5.74) is 1.70. The van der Waals surface area contributed by atoms with Gasteiger partial charge < -0.3 is 25.0 Å². The van der Waals surface area contributed by atoms with Crippen LogP contribution in [0, 0.1) is 19.8 Å². The van der Waals surface area contributed by atoms with Crippen molar-refractivity contribution in [3.05, 3.63) is 70.8 Å². The third-order valence-electron chi connectivity index (χ3n) is 7.02. The van der Waals surface area contributed by atoms with Crippen LogP contribution in [0.3, 0.4) is 0 Å². The first-order valence-electron chi connectivity index (χ1n) is 16.3. The molecule has 0 saturated heterocycles. The second-order valence-corrected chi connectivity index (χ2v) is 14.4. The maximum absolute atomic E-state index is 14.5. The predicted molar refractivity (Wildman–Crippen MR) is 181 cm³/mol. The molecular weight excluding hydrogens is 582 g/mol. The Morgan fingerprint density at radius 1 is 0.826 bits per heavy atom. The summed E-state index contributed by atoms with van der Waals surface area (Å²) >= 11 is 0. The minimum absolute atomic E-state index is 0.0581. The molecule has 0 aliphatic carbocycles. The number of rotatable bonds is 13. The number of amides is 3. The van der Waals surface area contributed by atoms with E-state index >= 15 is 0 Å². The number of hydrogen-bond donors (Lipinski definition) is 2. The lowest BCUT2D eigenvalue weighted by atomic mass is 9.94. The maximum atomic E-state index is 14.5. The summed E-state index contributed by atoms with van der Waals surface area (Å²) in [5.74, 6) is -1.42. The van der Waals surface area contributed by atoms with Crippen molar-refractivity contribution in [1.82, 2.24) is 15.5 Å². The van der Waals surface area contributed by atoms with Crippen molar-refractivity contribution in [1.29, 1.82) is 0 Å². The molecule has 3 unspecified atom stereocenters. The fraction of sp³-hybridized carbons (Fsp3) is 0.568. The third-order valence-corrected chi connectivity index (χ3v) is 7.02. The van der Waals surface area contributed by atoms with Crippen LogP contribution < -0.4 is 10.6 Å². The molecule has 46 heavy (non-hydrogen) atoms. The molecule has 2 N–H and O–H groups in total. The molecule has 0 saturated carbocycles. The van der Waals surface area contributed by atoms with Gasteiger partial charge in [-0.15, -0.1) is 0 Å². The van der Waals surface area contributed by atoms with Crippen LogP contribution in [0.5, 0.6) is 0 Å². The second kappa shape index (κ2) is 16.6. The van der Waals surface area contributed by atoms with Crippen LogP contribution in [0.1, 0.15) is 103 Å². The number of aryl methyl sites for hydroxylation is 2. The van der Waals surface area contributed by atoms with Crippen LogP contribution in [0.25, 0.3) is 0 Å². The fourth-order valence-corrected chi connectivity index (χ4v) is 5.12. The van der Waals surface area contributed by atoms with Crippen molar-refractivity contribution in [2.24, 2.45) is 5.92 Å². The van der Waals surface area contributed by atoms with Crippen LogP contribution in [-0.4, -0.2) is 58.6 Å². The lowest BCUT2D eigenvalue weighted by Crippen LogP contribution is -2.55. The van der Waals surface area contributed by atoms with E-state index in [1.165, 1.54) is 4.90 Å². The molecule has 3 atom stereocenters. The second-order valence-electron chi connectivity index (χ2n) is 14.4. The Morgan fingerprint density at radius 3 is 1.98 bits per heavy atom. The number of nitrogens with one attached hydrogen (secondary N) is 2. The molecule has 254 valence electrons. The molecule has 3 amide bonds. The van der Waals surface area contributed by atoms with Gasteiger partial charge in [-0.3, -0.25) is 9.59 Å². The number of carbonyl (C=O) groups is 4. The van der Waals surface area contributed by atoms with E-state index in [-0.39, 0.29) is 18.9 Å². The minimum atomic E-state index is -1.08. The Labute approximate surface area is 275 Å². The number of benzene rings is 2. The highest BCUT2D eigenvalue weighted by atomic mass is 16.6. The van der Waals surface area contributed by atoms with Gasteiger partial charge in [0.15, 0.2) is 0 Å². The van der Waals surface area contributed by atoms with Gasteiger partial charge in [0.1, 0.15) is 29.3 Å². The summed E-state index contributed by atoms with van der Waals surface area (Å²) in [7, 11) is 0. The molecule has 9 heteroatoms. The van der Waals surface area contributed by atoms with Crippen LogP contribution in [-0.2, 0) is 30.3 Å². The molecule has 0 aromatic heterocycles. The molecule has 0 spiro atoms. The van der Waals surface area contributed by atoms with Crippen LogP contribution in [0.4, 0.5) is 4.79 Å². The van der Waals surface area contributed by atoms with Gasteiger partial charge in [0, 0.05) is 13.0 Å². The van der Waals surface area contributed by atoms with E-state index in [9.17, 15) is 19.2 Å². The zero-order chi connectivity index (χ0) is 34.8. The number of esters is 1. The van der Waals surface area contributed by atoms with Gasteiger partial charge in [-0.2, -0.15) is 0 Å². The van der Waals surface area contributed by atoms with Gasteiger partial charge in [0.05, 0.1) is 0 Å². The van der Waals surface area contributed by atoms with E-state index in [0.717, 1.165) is 16.7 Å². The fourth-order valence-electron chi connectivity index (χ4n) is 5.12. The predicted octanol–water partition coefficient (Wildman–Crippen LogP) is 6.59. The average Bonchev–Trinajstić information content (AvgIpc) is 2.92. The van der Waals surface area contributed by atoms with E-state index in [4.69, 9.17) is 9.47 Å². The van der Waals surface area contributed by atoms with Crippen molar-refractivity contribution < 1.29 is 28.7 Å². The lowest BCUT2D eigenvalue weighted by Gasteiger charge is -2.36. The molecule has 0 aliphatic heterocycles. The highest BCUT2D eigenvalue weighted by molar-refractivity contribution is 5.94. The summed E-state index contributed by atoms with van der Waals surface area (Å²) in [6.45, 7) is 20.5. The van der Waals surface area contributed by atoms with Crippen molar-refractivity contribution in [3.63, 3.8) is 0 Å². The molecule has 0 aliphatic rings. The number of nitrogens with zero attached hydrogens (tertiary/aromatic N) is 1. The molecule has 0 bridgehead atoms. The Hall–Kier alpha value is -3.88. The van der Waals surface area contributed by atoms with E-state index in [0.29, 0.717) is 18.4 Å². The summed E-state index contributed by atoms with van der Waals surface area (Å²) in [6.07, 6.45) is 0.400. The van der Waals surface area contributed by atoms with Crippen LogP contribution in [0.2, 0.25) is 0 Å². The highest BCUT2D eigenvalue weighted by Gasteiger charge is 2.39. The van der Waals surface area contributed by atoms with Crippen molar-refractivity contribution >= 4 is 23.9 Å². The van der Waals surface area contributed by atoms with Crippen molar-refractivity contribution in [2.75, 3.05) is 6.54 Å². The largest absolute Gasteiger partial charge is 0.458 e. The van der Waals surface area contributed by atoms with E-state index < -0.39 is 53.2 Å². The van der Waals surface area contributed by atoms with Gasteiger partial charge in [0.25, 0.3) is 0 Å². The summed E-state index contributed by atoms with van der Waals surface area (Å²) in [4.78, 5) is 56.9. The zero-order valence-electron chi connectivity index (χ0n) is 29.7. The first-order chi connectivity index (χ1) is 21.3. The topological polar surface area (TPSA) is 114 Å². The summed E-state index contributed by atoms with van der Waals surface area (Å²) in [5, 5.41) is 5.73. The zero-order valence-corrected chi connectivity index (χ0v) is 29.7. The summed E-state index contributed by atoms with van der Waals surface area (Å²) < 4.78 is 11.2. The Morgan fingerprint density at radius 2 is 1.43 bits per heavy atom. The van der Waals surface area contributed by atoms with Gasteiger partial charge in [-0.05, 0) is 90.8 Å². The highest BCUT2D eigenvalue weighted by Crippen LogP contribution is 2.28. The number of alkyl carbamates (subject to hydrolysis) is 1. The molecule has 9 nitrogen and oxygen atoms in total. The SMILES string of the molecule is CCCN(C(=O)C(CC(C)C)NC(=O)OC(C)(C)C)C(C(=O)NC(Cc1ccccc1)C(=O)OC(C)(C)C)c1cc(C)ccc1C. The molecular formula is C37H55N3O6. The number of hydrogen-bond acceptors (Lipinski definition) is 6.